The number of amides is 4. The molecule has 0 atom stereocenters. The van der Waals surface area contributed by atoms with Crippen molar-refractivity contribution in [3.05, 3.63) is 59.3 Å². The molecule has 4 amide bonds. The second kappa shape index (κ2) is 9.91. The second-order valence-corrected chi connectivity index (χ2v) is 7.04. The van der Waals surface area contributed by atoms with Crippen molar-refractivity contribution in [3.63, 3.8) is 0 Å². The molecule has 1 aromatic heterocycles. The summed E-state index contributed by atoms with van der Waals surface area (Å²) in [6.07, 6.45) is 0.564. The molecule has 0 spiro atoms. The van der Waals surface area contributed by atoms with Gasteiger partial charge in [-0.15, -0.1) is 0 Å². The number of nitrogens with one attached hydrogen (secondary N) is 2. The zero-order valence-corrected chi connectivity index (χ0v) is 16.8. The predicted octanol–water partition coefficient (Wildman–Crippen LogP) is 2.01. The number of hydrogen-bond acceptors (Lipinski definition) is 4. The molecule has 1 aliphatic rings. The Morgan fingerprint density at radius 1 is 0.933 bits per heavy atom. The van der Waals surface area contributed by atoms with Crippen LogP contribution in [0.1, 0.15) is 33.1 Å². The van der Waals surface area contributed by atoms with Crippen molar-refractivity contribution in [2.45, 2.75) is 13.3 Å². The molecule has 160 valence electrons. The zero-order valence-electron chi connectivity index (χ0n) is 16.8. The highest BCUT2D eigenvalue weighted by atomic mass is 19.1. The quantitative estimate of drug-likeness (QED) is 0.705. The Hall–Kier alpha value is -3.36. The standard InChI is InChI=1S/C21H25FN4O4/c1-15-3-8-18(30-15)20(28)25-11-13-26(14-12-25)21(29)24-10-2-9-23-19(27)16-4-6-17(22)7-5-16/h3-8H,2,9-14H2,1H3,(H,23,27)(H,24,29). The fourth-order valence-electron chi connectivity index (χ4n) is 3.12. The van der Waals surface area contributed by atoms with Gasteiger partial charge in [-0.25, -0.2) is 9.18 Å². The van der Waals surface area contributed by atoms with Gasteiger partial charge in [-0.3, -0.25) is 9.59 Å². The molecule has 2 aromatic rings. The van der Waals surface area contributed by atoms with Crippen LogP contribution in [-0.4, -0.2) is 66.9 Å². The second-order valence-electron chi connectivity index (χ2n) is 7.04. The number of carbonyl (C=O) groups is 3. The number of nitrogens with zero attached hydrogens (tertiary/aromatic N) is 2. The van der Waals surface area contributed by atoms with Crippen LogP contribution in [0, 0.1) is 12.7 Å². The van der Waals surface area contributed by atoms with E-state index in [0.29, 0.717) is 62.8 Å². The number of rotatable bonds is 6. The lowest BCUT2D eigenvalue weighted by Gasteiger charge is -2.34. The van der Waals surface area contributed by atoms with Gasteiger partial charge in [-0.2, -0.15) is 0 Å². The van der Waals surface area contributed by atoms with Crippen LogP contribution in [0.2, 0.25) is 0 Å². The molecule has 30 heavy (non-hydrogen) atoms. The van der Waals surface area contributed by atoms with Gasteiger partial charge in [0.05, 0.1) is 0 Å². The van der Waals surface area contributed by atoms with Gasteiger partial charge in [0, 0.05) is 44.8 Å². The van der Waals surface area contributed by atoms with Crippen LogP contribution in [0.25, 0.3) is 0 Å². The van der Waals surface area contributed by atoms with Crippen molar-refractivity contribution in [2.24, 2.45) is 0 Å². The number of aryl methyl sites for hydroxylation is 1. The van der Waals surface area contributed by atoms with Gasteiger partial charge in [-0.1, -0.05) is 0 Å². The van der Waals surface area contributed by atoms with Crippen molar-refractivity contribution < 1.29 is 23.2 Å². The Balaban J connectivity index is 1.32. The molecule has 1 saturated heterocycles. The molecule has 1 aliphatic heterocycles. The first kappa shape index (κ1) is 21.4. The van der Waals surface area contributed by atoms with Crippen molar-refractivity contribution >= 4 is 17.8 Å². The minimum atomic E-state index is -0.393. The summed E-state index contributed by atoms with van der Waals surface area (Å²) in [5, 5.41) is 5.54. The highest BCUT2D eigenvalue weighted by Crippen LogP contribution is 2.12. The van der Waals surface area contributed by atoms with Crippen LogP contribution in [0.4, 0.5) is 9.18 Å². The Morgan fingerprint density at radius 2 is 1.57 bits per heavy atom. The average molecular weight is 416 g/mol. The molecule has 0 bridgehead atoms. The number of carbonyl (C=O) groups excluding carboxylic acids is 3. The number of urea groups is 1. The van der Waals surface area contributed by atoms with Gasteiger partial charge in [0.2, 0.25) is 0 Å². The van der Waals surface area contributed by atoms with Crippen LogP contribution < -0.4 is 10.6 Å². The van der Waals surface area contributed by atoms with Crippen LogP contribution in [0.15, 0.2) is 40.8 Å². The molecule has 1 fully saturated rings. The largest absolute Gasteiger partial charge is 0.456 e. The van der Waals surface area contributed by atoms with E-state index in [4.69, 9.17) is 4.42 Å². The summed E-state index contributed by atoms with van der Waals surface area (Å²) < 4.78 is 18.2. The highest BCUT2D eigenvalue weighted by Gasteiger charge is 2.26. The van der Waals surface area contributed by atoms with Gasteiger partial charge < -0.3 is 24.9 Å². The lowest BCUT2D eigenvalue weighted by atomic mass is 10.2. The summed E-state index contributed by atoms with van der Waals surface area (Å²) in [5.41, 5.74) is 0.387. The van der Waals surface area contributed by atoms with Gasteiger partial charge in [0.25, 0.3) is 11.8 Å². The summed E-state index contributed by atoms with van der Waals surface area (Å²) >= 11 is 0. The maximum Gasteiger partial charge on any atom is 0.317 e. The highest BCUT2D eigenvalue weighted by molar-refractivity contribution is 5.94. The monoisotopic (exact) mass is 416 g/mol. The van der Waals surface area contributed by atoms with E-state index >= 15 is 0 Å². The van der Waals surface area contributed by atoms with Crippen molar-refractivity contribution in [1.82, 2.24) is 20.4 Å². The Morgan fingerprint density at radius 3 is 2.20 bits per heavy atom. The molecule has 1 aromatic carbocycles. The molecule has 0 radical (unpaired) electrons. The molecule has 3 rings (SSSR count). The lowest BCUT2D eigenvalue weighted by molar-refractivity contribution is 0.0632. The molecule has 9 heteroatoms. The third-order valence-corrected chi connectivity index (χ3v) is 4.83. The molecule has 2 heterocycles. The van der Waals surface area contributed by atoms with E-state index in [9.17, 15) is 18.8 Å². The summed E-state index contributed by atoms with van der Waals surface area (Å²) in [6, 6.07) is 8.52. The first-order chi connectivity index (χ1) is 14.4. The number of furan rings is 1. The van der Waals surface area contributed by atoms with E-state index in [1.807, 2.05) is 0 Å². The van der Waals surface area contributed by atoms with Crippen LogP contribution in [0.3, 0.4) is 0 Å². The lowest BCUT2D eigenvalue weighted by Crippen LogP contribution is -2.53. The normalized spacial score (nSPS) is 13.8. The maximum atomic E-state index is 12.9. The summed E-state index contributed by atoms with van der Waals surface area (Å²) in [7, 11) is 0. The van der Waals surface area contributed by atoms with E-state index in [-0.39, 0.29) is 17.8 Å². The number of piperazine rings is 1. The fraction of sp³-hybridized carbons (Fsp3) is 0.381. The molecular formula is C21H25FN4O4. The van der Waals surface area contributed by atoms with E-state index in [1.165, 1.54) is 24.3 Å². The zero-order chi connectivity index (χ0) is 21.5. The number of hydrogen-bond donors (Lipinski definition) is 2. The third kappa shape index (κ3) is 5.59. The van der Waals surface area contributed by atoms with E-state index in [2.05, 4.69) is 10.6 Å². The van der Waals surface area contributed by atoms with Crippen LogP contribution in [0.5, 0.6) is 0 Å². The SMILES string of the molecule is Cc1ccc(C(=O)N2CCN(C(=O)NCCCNC(=O)c3ccc(F)cc3)CC2)o1. The first-order valence-electron chi connectivity index (χ1n) is 9.86. The van der Waals surface area contributed by atoms with Crippen LogP contribution >= 0.6 is 0 Å². The fourth-order valence-corrected chi connectivity index (χ4v) is 3.12. The molecule has 0 saturated carbocycles. The van der Waals surface area contributed by atoms with Crippen molar-refractivity contribution in [1.29, 1.82) is 0 Å². The van der Waals surface area contributed by atoms with Crippen LogP contribution in [-0.2, 0) is 0 Å². The minimum absolute atomic E-state index is 0.167. The van der Waals surface area contributed by atoms with E-state index in [0.717, 1.165) is 0 Å². The Labute approximate surface area is 174 Å². The number of halogens is 1. The van der Waals surface area contributed by atoms with E-state index < -0.39 is 5.82 Å². The van der Waals surface area contributed by atoms with Gasteiger partial charge >= 0.3 is 6.03 Å². The Kier molecular flexibility index (Phi) is 7.05. The average Bonchev–Trinajstić information content (AvgIpc) is 3.19. The predicted molar refractivity (Wildman–Crippen MR) is 108 cm³/mol. The third-order valence-electron chi connectivity index (χ3n) is 4.83. The summed E-state index contributed by atoms with van der Waals surface area (Å²) in [5.74, 6) is 0.155. The molecule has 0 unspecified atom stereocenters. The van der Waals surface area contributed by atoms with Gasteiger partial charge in [-0.05, 0) is 49.7 Å². The van der Waals surface area contributed by atoms with Gasteiger partial charge in [0.1, 0.15) is 11.6 Å². The molecule has 8 nitrogen and oxygen atoms in total. The van der Waals surface area contributed by atoms with Crippen molar-refractivity contribution in [2.75, 3.05) is 39.3 Å². The minimum Gasteiger partial charge on any atom is -0.456 e. The smallest absolute Gasteiger partial charge is 0.317 e. The topological polar surface area (TPSA) is 94.9 Å². The molecular weight excluding hydrogens is 391 g/mol. The first-order valence-corrected chi connectivity index (χ1v) is 9.86. The molecule has 2 N–H and O–H groups in total. The Bertz CT molecular complexity index is 889. The van der Waals surface area contributed by atoms with Crippen molar-refractivity contribution in [3.8, 4) is 0 Å². The van der Waals surface area contributed by atoms with E-state index in [1.54, 1.807) is 28.9 Å². The van der Waals surface area contributed by atoms with Gasteiger partial charge in [0.15, 0.2) is 5.76 Å². The number of benzene rings is 1. The summed E-state index contributed by atoms with van der Waals surface area (Å²) in [6.45, 7) is 4.36. The maximum absolute atomic E-state index is 12.9. The summed E-state index contributed by atoms with van der Waals surface area (Å²) in [4.78, 5) is 39.9. The molecule has 0 aliphatic carbocycles.